The van der Waals surface area contributed by atoms with Crippen LogP contribution in [0.3, 0.4) is 0 Å². The van der Waals surface area contributed by atoms with E-state index in [0.717, 1.165) is 5.75 Å². The van der Waals surface area contributed by atoms with Gasteiger partial charge in [0.2, 0.25) is 5.91 Å². The van der Waals surface area contributed by atoms with E-state index in [9.17, 15) is 9.59 Å². The predicted molar refractivity (Wildman–Crippen MR) is 86.2 cm³/mol. The second kappa shape index (κ2) is 8.41. The molecule has 1 amide bonds. The normalized spacial score (nSPS) is 10.8. The zero-order valence-electron chi connectivity index (χ0n) is 13.7. The molecule has 0 aliphatic rings. The Kier molecular flexibility index (Phi) is 6.89. The van der Waals surface area contributed by atoms with Gasteiger partial charge in [0.25, 0.3) is 0 Å². The molecular weight excluding hydrogens is 282 g/mol. The summed E-state index contributed by atoms with van der Waals surface area (Å²) in [5, 5.41) is 8.84. The van der Waals surface area contributed by atoms with Crippen molar-refractivity contribution >= 4 is 17.6 Å². The molecular formula is C17H25NO4. The molecule has 5 heteroatoms. The lowest BCUT2D eigenvalue weighted by Crippen LogP contribution is -2.36. The highest BCUT2D eigenvalue weighted by Crippen LogP contribution is 2.22. The maximum Gasteiger partial charge on any atom is 0.305 e. The van der Waals surface area contributed by atoms with Crippen LogP contribution in [-0.4, -0.2) is 30.1 Å². The lowest BCUT2D eigenvalue weighted by molar-refractivity contribution is -0.136. The van der Waals surface area contributed by atoms with Crippen LogP contribution >= 0.6 is 0 Å². The maximum absolute atomic E-state index is 12.3. The van der Waals surface area contributed by atoms with Crippen LogP contribution in [0.1, 0.15) is 34.1 Å². The van der Waals surface area contributed by atoms with Crippen molar-refractivity contribution in [2.24, 2.45) is 11.8 Å². The van der Waals surface area contributed by atoms with Gasteiger partial charge in [-0.1, -0.05) is 27.7 Å². The van der Waals surface area contributed by atoms with Gasteiger partial charge < -0.3 is 14.7 Å². The third-order valence-electron chi connectivity index (χ3n) is 3.04. The minimum atomic E-state index is -0.918. The number of amides is 1. The van der Waals surface area contributed by atoms with Crippen LogP contribution in [0.4, 0.5) is 5.69 Å². The van der Waals surface area contributed by atoms with E-state index in [-0.39, 0.29) is 24.8 Å². The van der Waals surface area contributed by atoms with E-state index in [1.165, 1.54) is 4.90 Å². The van der Waals surface area contributed by atoms with Gasteiger partial charge in [-0.05, 0) is 30.2 Å². The fourth-order valence-corrected chi connectivity index (χ4v) is 1.87. The molecule has 0 aliphatic heterocycles. The Bertz CT molecular complexity index is 494. The van der Waals surface area contributed by atoms with Gasteiger partial charge in [-0.25, -0.2) is 0 Å². The average Bonchev–Trinajstić information content (AvgIpc) is 2.45. The Balaban J connectivity index is 2.84. The summed E-state index contributed by atoms with van der Waals surface area (Å²) in [7, 11) is 0. The summed E-state index contributed by atoms with van der Waals surface area (Å²) in [6.07, 6.45) is -0.0793. The van der Waals surface area contributed by atoms with E-state index < -0.39 is 5.97 Å². The van der Waals surface area contributed by atoms with Crippen LogP contribution in [0.25, 0.3) is 0 Å². The van der Waals surface area contributed by atoms with Gasteiger partial charge in [0.15, 0.2) is 0 Å². The highest BCUT2D eigenvalue weighted by atomic mass is 16.5. The molecule has 0 radical (unpaired) electrons. The van der Waals surface area contributed by atoms with Gasteiger partial charge >= 0.3 is 5.97 Å². The molecule has 22 heavy (non-hydrogen) atoms. The van der Waals surface area contributed by atoms with Crippen molar-refractivity contribution < 1.29 is 19.4 Å². The van der Waals surface area contributed by atoms with Crippen molar-refractivity contribution in [3.63, 3.8) is 0 Å². The molecule has 5 nitrogen and oxygen atoms in total. The van der Waals surface area contributed by atoms with Crippen molar-refractivity contribution in [3.8, 4) is 5.75 Å². The number of rotatable bonds is 8. The number of anilines is 1. The maximum atomic E-state index is 12.3. The molecule has 0 unspecified atom stereocenters. The van der Waals surface area contributed by atoms with Gasteiger partial charge in [0, 0.05) is 18.2 Å². The lowest BCUT2D eigenvalue weighted by Gasteiger charge is -2.24. The van der Waals surface area contributed by atoms with Gasteiger partial charge in [-0.2, -0.15) is 0 Å². The first kappa shape index (κ1) is 18.0. The topological polar surface area (TPSA) is 66.8 Å². The average molecular weight is 307 g/mol. The number of carboxylic acids is 1. The van der Waals surface area contributed by atoms with E-state index in [0.29, 0.717) is 18.2 Å². The third kappa shape index (κ3) is 5.76. The highest BCUT2D eigenvalue weighted by Gasteiger charge is 2.19. The number of carbonyl (C=O) groups excluding carboxylic acids is 1. The Morgan fingerprint density at radius 1 is 1.14 bits per heavy atom. The predicted octanol–water partition coefficient (Wildman–Crippen LogP) is 3.19. The van der Waals surface area contributed by atoms with E-state index in [1.807, 2.05) is 0 Å². The van der Waals surface area contributed by atoms with Crippen LogP contribution < -0.4 is 9.64 Å². The number of benzene rings is 1. The smallest absolute Gasteiger partial charge is 0.305 e. The number of carboxylic acid groups (broad SMARTS) is 1. The first-order valence-corrected chi connectivity index (χ1v) is 7.57. The summed E-state index contributed by atoms with van der Waals surface area (Å²) in [5.41, 5.74) is 0.692. The zero-order chi connectivity index (χ0) is 16.7. The summed E-state index contributed by atoms with van der Waals surface area (Å²) in [4.78, 5) is 24.5. The van der Waals surface area contributed by atoms with Crippen LogP contribution in [0, 0.1) is 11.8 Å². The second-order valence-corrected chi connectivity index (χ2v) is 5.99. The standard InChI is InChI=1S/C17H25NO4/c1-12(2)11-22-15-7-5-14(6-8-15)18(10-9-16(19)20)17(21)13(3)4/h5-8,12-13H,9-11H2,1-4H3,(H,19,20). The first-order valence-electron chi connectivity index (χ1n) is 7.57. The number of aliphatic carboxylic acids is 1. The monoisotopic (exact) mass is 307 g/mol. The molecule has 0 aliphatic carbocycles. The van der Waals surface area contributed by atoms with Crippen LogP contribution in [0.15, 0.2) is 24.3 Å². The largest absolute Gasteiger partial charge is 0.493 e. The third-order valence-corrected chi connectivity index (χ3v) is 3.04. The molecule has 0 aromatic heterocycles. The molecule has 0 fully saturated rings. The van der Waals surface area contributed by atoms with Gasteiger partial charge in [-0.3, -0.25) is 9.59 Å². The quantitative estimate of drug-likeness (QED) is 0.801. The number of carbonyl (C=O) groups is 2. The van der Waals surface area contributed by atoms with Crippen molar-refractivity contribution in [2.75, 3.05) is 18.1 Å². The molecule has 0 saturated heterocycles. The van der Waals surface area contributed by atoms with E-state index >= 15 is 0 Å². The highest BCUT2D eigenvalue weighted by molar-refractivity contribution is 5.95. The van der Waals surface area contributed by atoms with E-state index in [4.69, 9.17) is 9.84 Å². The fourth-order valence-electron chi connectivity index (χ4n) is 1.87. The van der Waals surface area contributed by atoms with Gasteiger partial charge in [0.05, 0.1) is 13.0 Å². The molecule has 1 aromatic rings. The molecule has 0 heterocycles. The van der Waals surface area contributed by atoms with Crippen molar-refractivity contribution in [1.29, 1.82) is 0 Å². The number of nitrogens with zero attached hydrogens (tertiary/aromatic N) is 1. The van der Waals surface area contributed by atoms with Crippen LogP contribution in [0.2, 0.25) is 0 Å². The summed E-state index contributed by atoms with van der Waals surface area (Å²) in [6.45, 7) is 8.55. The summed E-state index contributed by atoms with van der Waals surface area (Å²) >= 11 is 0. The zero-order valence-corrected chi connectivity index (χ0v) is 13.7. The molecule has 0 spiro atoms. The Morgan fingerprint density at radius 2 is 1.73 bits per heavy atom. The minimum Gasteiger partial charge on any atom is -0.493 e. The lowest BCUT2D eigenvalue weighted by atomic mass is 10.1. The fraction of sp³-hybridized carbons (Fsp3) is 0.529. The summed E-state index contributed by atoms with van der Waals surface area (Å²) < 4.78 is 5.61. The van der Waals surface area contributed by atoms with Gasteiger partial charge in [0.1, 0.15) is 5.75 Å². The summed E-state index contributed by atoms with van der Waals surface area (Å²) in [5.74, 6) is -0.0110. The summed E-state index contributed by atoms with van der Waals surface area (Å²) in [6, 6.07) is 7.19. The molecule has 1 N–H and O–H groups in total. The van der Waals surface area contributed by atoms with E-state index in [2.05, 4.69) is 13.8 Å². The van der Waals surface area contributed by atoms with Crippen LogP contribution in [0.5, 0.6) is 5.75 Å². The second-order valence-electron chi connectivity index (χ2n) is 5.99. The Hall–Kier alpha value is -2.04. The van der Waals surface area contributed by atoms with E-state index in [1.54, 1.807) is 38.1 Å². The molecule has 0 saturated carbocycles. The number of hydrogen-bond donors (Lipinski definition) is 1. The number of hydrogen-bond acceptors (Lipinski definition) is 3. The molecule has 1 aromatic carbocycles. The SMILES string of the molecule is CC(C)COc1ccc(N(CCC(=O)O)C(=O)C(C)C)cc1. The Morgan fingerprint density at radius 3 is 2.18 bits per heavy atom. The van der Waals surface area contributed by atoms with Crippen molar-refractivity contribution in [2.45, 2.75) is 34.1 Å². The first-order chi connectivity index (χ1) is 10.3. The van der Waals surface area contributed by atoms with Crippen molar-refractivity contribution in [3.05, 3.63) is 24.3 Å². The molecule has 1 rings (SSSR count). The molecule has 0 bridgehead atoms. The van der Waals surface area contributed by atoms with Gasteiger partial charge in [-0.15, -0.1) is 0 Å². The minimum absolute atomic E-state index is 0.0793. The molecule has 0 atom stereocenters. The number of ether oxygens (including phenoxy) is 1. The Labute approximate surface area is 131 Å². The van der Waals surface area contributed by atoms with Crippen LogP contribution in [-0.2, 0) is 9.59 Å². The molecule has 122 valence electrons. The van der Waals surface area contributed by atoms with Crippen molar-refractivity contribution in [1.82, 2.24) is 0 Å².